The summed E-state index contributed by atoms with van der Waals surface area (Å²) in [6.07, 6.45) is -3.80. The molecule has 0 spiro atoms. The molecule has 1 amide bonds. The zero-order valence-corrected chi connectivity index (χ0v) is 16.1. The molecule has 2 aromatic heterocycles. The summed E-state index contributed by atoms with van der Waals surface area (Å²) in [6, 6.07) is 10.7. The summed E-state index contributed by atoms with van der Waals surface area (Å²) in [4.78, 5) is 11.8. The molecule has 0 radical (unpaired) electrons. The largest absolute Gasteiger partial charge is 0.463 e. The van der Waals surface area contributed by atoms with Crippen molar-refractivity contribution in [1.82, 2.24) is 15.1 Å². The van der Waals surface area contributed by atoms with Crippen molar-refractivity contribution in [3.8, 4) is 17.1 Å². The highest BCUT2D eigenvalue weighted by molar-refractivity contribution is 5.67. The third-order valence-electron chi connectivity index (χ3n) is 3.76. The summed E-state index contributed by atoms with van der Waals surface area (Å²) < 4.78 is 51.2. The minimum absolute atomic E-state index is 0.145. The number of halogens is 3. The Labute approximate surface area is 165 Å². The first-order chi connectivity index (χ1) is 13.5. The molecule has 154 valence electrons. The normalized spacial score (nSPS) is 12.1. The summed E-state index contributed by atoms with van der Waals surface area (Å²) in [6.45, 7) is 5.39. The van der Waals surface area contributed by atoms with Crippen LogP contribution < -0.4 is 5.32 Å². The van der Waals surface area contributed by atoms with Crippen molar-refractivity contribution in [1.29, 1.82) is 0 Å². The van der Waals surface area contributed by atoms with Crippen molar-refractivity contribution in [2.24, 2.45) is 0 Å². The maximum atomic E-state index is 13.2. The van der Waals surface area contributed by atoms with Gasteiger partial charge >= 0.3 is 12.3 Å². The fourth-order valence-corrected chi connectivity index (χ4v) is 2.60. The molecule has 0 unspecified atom stereocenters. The summed E-state index contributed by atoms with van der Waals surface area (Å²) in [5, 5.41) is 6.33. The Kier molecular flexibility index (Phi) is 5.41. The molecule has 0 saturated carbocycles. The number of benzene rings is 1. The first-order valence-electron chi connectivity index (χ1n) is 8.80. The first-order valence-corrected chi connectivity index (χ1v) is 8.80. The van der Waals surface area contributed by atoms with Crippen LogP contribution in [0.3, 0.4) is 0 Å². The minimum Gasteiger partial charge on any atom is -0.463 e. The molecular weight excluding hydrogens is 387 g/mol. The molecule has 1 aromatic carbocycles. The van der Waals surface area contributed by atoms with Gasteiger partial charge in [-0.05, 0) is 50.6 Å². The van der Waals surface area contributed by atoms with Crippen LogP contribution in [0.5, 0.6) is 0 Å². The number of rotatable bonds is 4. The zero-order chi connectivity index (χ0) is 21.2. The number of carbonyl (C=O) groups is 1. The Bertz CT molecular complexity index is 987. The molecule has 3 aromatic rings. The lowest BCUT2D eigenvalue weighted by Gasteiger charge is -2.19. The molecule has 0 bridgehead atoms. The zero-order valence-electron chi connectivity index (χ0n) is 16.1. The van der Waals surface area contributed by atoms with Crippen molar-refractivity contribution in [3.63, 3.8) is 0 Å². The van der Waals surface area contributed by atoms with Crippen molar-refractivity contribution < 1.29 is 27.1 Å². The average Bonchev–Trinajstić information content (AvgIpc) is 3.27. The standard InChI is InChI=1S/C20H20F3N3O3/c1-19(2,3)29-18(27)24-12-13-6-4-7-14(10-13)26-15(16-8-5-9-28-16)11-17(25-26)20(21,22)23/h4-11H,12H2,1-3H3,(H,24,27). The van der Waals surface area contributed by atoms with Gasteiger partial charge in [-0.15, -0.1) is 0 Å². The number of alkyl halides is 3. The van der Waals surface area contributed by atoms with Gasteiger partial charge in [0.15, 0.2) is 11.5 Å². The number of hydrogen-bond donors (Lipinski definition) is 1. The number of aromatic nitrogens is 2. The maximum Gasteiger partial charge on any atom is 0.435 e. The second-order valence-corrected chi connectivity index (χ2v) is 7.33. The van der Waals surface area contributed by atoms with Gasteiger partial charge in [0.05, 0.1) is 12.0 Å². The topological polar surface area (TPSA) is 69.3 Å². The van der Waals surface area contributed by atoms with Crippen molar-refractivity contribution in [2.45, 2.75) is 39.1 Å². The van der Waals surface area contributed by atoms with Gasteiger partial charge < -0.3 is 14.5 Å². The summed E-state index contributed by atoms with van der Waals surface area (Å²) >= 11 is 0. The number of ether oxygens (including phenoxy) is 1. The Balaban J connectivity index is 1.88. The molecule has 1 N–H and O–H groups in total. The van der Waals surface area contributed by atoms with Gasteiger partial charge in [0.25, 0.3) is 0 Å². The quantitative estimate of drug-likeness (QED) is 0.647. The highest BCUT2D eigenvalue weighted by atomic mass is 19.4. The summed E-state index contributed by atoms with van der Waals surface area (Å²) in [5.74, 6) is 0.255. The third kappa shape index (κ3) is 5.18. The van der Waals surface area contributed by atoms with Crippen LogP contribution in [0.15, 0.2) is 53.1 Å². The van der Waals surface area contributed by atoms with E-state index in [1.54, 1.807) is 57.2 Å². The molecule has 3 rings (SSSR count). The molecular formula is C20H20F3N3O3. The van der Waals surface area contributed by atoms with Gasteiger partial charge in [0, 0.05) is 12.6 Å². The Morgan fingerprint density at radius 3 is 2.55 bits per heavy atom. The average molecular weight is 407 g/mol. The van der Waals surface area contributed by atoms with E-state index in [2.05, 4.69) is 10.4 Å². The number of alkyl carbamates (subject to hydrolysis) is 1. The minimum atomic E-state index is -4.59. The van der Waals surface area contributed by atoms with Gasteiger partial charge in [-0.3, -0.25) is 0 Å². The molecule has 0 saturated heterocycles. The number of nitrogens with one attached hydrogen (secondary N) is 1. The van der Waals surface area contributed by atoms with Gasteiger partial charge in [-0.1, -0.05) is 12.1 Å². The number of amides is 1. The van der Waals surface area contributed by atoms with Gasteiger partial charge in [-0.25, -0.2) is 9.48 Å². The maximum absolute atomic E-state index is 13.2. The Morgan fingerprint density at radius 2 is 1.93 bits per heavy atom. The van der Waals surface area contributed by atoms with E-state index < -0.39 is 23.6 Å². The number of nitrogens with zero attached hydrogens (tertiary/aromatic N) is 2. The lowest BCUT2D eigenvalue weighted by atomic mass is 10.2. The first kappa shape index (κ1) is 20.5. The predicted molar refractivity (Wildman–Crippen MR) is 99.3 cm³/mol. The van der Waals surface area contributed by atoms with Gasteiger partial charge in [0.1, 0.15) is 11.3 Å². The van der Waals surface area contributed by atoms with Crippen molar-refractivity contribution in [2.75, 3.05) is 0 Å². The van der Waals surface area contributed by atoms with Crippen molar-refractivity contribution in [3.05, 3.63) is 60.0 Å². The molecule has 0 aliphatic rings. The number of hydrogen-bond acceptors (Lipinski definition) is 4. The van der Waals surface area contributed by atoms with Crippen molar-refractivity contribution >= 4 is 6.09 Å². The van der Waals surface area contributed by atoms with E-state index in [0.29, 0.717) is 11.3 Å². The molecule has 0 aliphatic carbocycles. The van der Waals surface area contributed by atoms with E-state index in [4.69, 9.17) is 9.15 Å². The van der Waals surface area contributed by atoms with Gasteiger partial charge in [-0.2, -0.15) is 18.3 Å². The van der Waals surface area contributed by atoms with Crippen LogP contribution >= 0.6 is 0 Å². The highest BCUT2D eigenvalue weighted by Gasteiger charge is 2.35. The monoisotopic (exact) mass is 407 g/mol. The van der Waals surface area contributed by atoms with Crippen LogP contribution in [0.25, 0.3) is 17.1 Å². The Hall–Kier alpha value is -3.23. The van der Waals surface area contributed by atoms with E-state index >= 15 is 0 Å². The molecule has 29 heavy (non-hydrogen) atoms. The summed E-state index contributed by atoms with van der Waals surface area (Å²) in [5.41, 5.74) is -0.425. The fraction of sp³-hybridized carbons (Fsp3) is 0.300. The number of furan rings is 1. The predicted octanol–water partition coefficient (Wildman–Crippen LogP) is 5.18. The molecule has 9 heteroatoms. The smallest absolute Gasteiger partial charge is 0.435 e. The molecule has 6 nitrogen and oxygen atoms in total. The van der Waals surface area contributed by atoms with Crippen LogP contribution in [0, 0.1) is 0 Å². The van der Waals surface area contributed by atoms with E-state index in [-0.39, 0.29) is 18.0 Å². The molecule has 2 heterocycles. The van der Waals surface area contributed by atoms with E-state index in [9.17, 15) is 18.0 Å². The van der Waals surface area contributed by atoms with E-state index in [1.807, 2.05) is 0 Å². The van der Waals surface area contributed by atoms with Crippen LogP contribution in [0.1, 0.15) is 32.0 Å². The Morgan fingerprint density at radius 1 is 1.17 bits per heavy atom. The SMILES string of the molecule is CC(C)(C)OC(=O)NCc1cccc(-n2nc(C(F)(F)F)cc2-c2ccco2)c1. The fourth-order valence-electron chi connectivity index (χ4n) is 2.60. The molecule has 0 aliphatic heterocycles. The third-order valence-corrected chi connectivity index (χ3v) is 3.76. The lowest BCUT2D eigenvalue weighted by molar-refractivity contribution is -0.141. The van der Waals surface area contributed by atoms with Gasteiger partial charge in [0.2, 0.25) is 0 Å². The van der Waals surface area contributed by atoms with Crippen LogP contribution in [0.2, 0.25) is 0 Å². The molecule has 0 atom stereocenters. The van der Waals surface area contributed by atoms with Crippen LogP contribution in [0.4, 0.5) is 18.0 Å². The highest BCUT2D eigenvalue weighted by Crippen LogP contribution is 2.33. The second kappa shape index (κ2) is 7.65. The van der Waals surface area contributed by atoms with Crippen LogP contribution in [-0.4, -0.2) is 21.5 Å². The summed E-state index contributed by atoms with van der Waals surface area (Å²) in [7, 11) is 0. The van der Waals surface area contributed by atoms with E-state index in [0.717, 1.165) is 6.07 Å². The van der Waals surface area contributed by atoms with Crippen LogP contribution in [-0.2, 0) is 17.5 Å². The second-order valence-electron chi connectivity index (χ2n) is 7.33. The lowest BCUT2D eigenvalue weighted by Crippen LogP contribution is -2.32. The number of carbonyl (C=O) groups excluding carboxylic acids is 1. The van der Waals surface area contributed by atoms with E-state index in [1.165, 1.54) is 10.9 Å². The molecule has 0 fully saturated rings.